The van der Waals surface area contributed by atoms with Gasteiger partial charge in [-0.25, -0.2) is 9.55 Å². The zero-order chi connectivity index (χ0) is 17.4. The highest BCUT2D eigenvalue weighted by atomic mass is 16.5. The Hall–Kier alpha value is -3.35. The molecule has 1 atom stereocenters. The summed E-state index contributed by atoms with van der Waals surface area (Å²) in [7, 11) is 1.54. The molecule has 0 bridgehead atoms. The number of carbonyl (C=O) groups is 2. The molecule has 25 heavy (non-hydrogen) atoms. The maximum atomic E-state index is 12.6. The third kappa shape index (κ3) is 2.59. The van der Waals surface area contributed by atoms with Gasteiger partial charge >= 0.3 is 0 Å². The van der Waals surface area contributed by atoms with Gasteiger partial charge in [0.15, 0.2) is 0 Å². The fourth-order valence-electron chi connectivity index (χ4n) is 2.97. The first-order valence-corrected chi connectivity index (χ1v) is 7.88. The van der Waals surface area contributed by atoms with Crippen molar-refractivity contribution in [1.82, 2.24) is 9.55 Å². The lowest BCUT2D eigenvalue weighted by atomic mass is 10.1. The van der Waals surface area contributed by atoms with Gasteiger partial charge in [0.05, 0.1) is 30.3 Å². The van der Waals surface area contributed by atoms with Crippen LogP contribution in [0, 0.1) is 0 Å². The number of hydrogen-bond donors (Lipinski definition) is 2. The van der Waals surface area contributed by atoms with E-state index in [0.717, 1.165) is 5.52 Å². The maximum absolute atomic E-state index is 12.6. The summed E-state index contributed by atoms with van der Waals surface area (Å²) in [6.45, 7) is 0. The Morgan fingerprint density at radius 2 is 2.00 bits per heavy atom. The highest BCUT2D eigenvalue weighted by molar-refractivity contribution is 6.04. The Kier molecular flexibility index (Phi) is 3.61. The number of hydrogen-bond acceptors (Lipinski definition) is 5. The molecule has 7 nitrogen and oxygen atoms in total. The minimum Gasteiger partial charge on any atom is -0.495 e. The molecular weight excluding hydrogens is 320 g/mol. The molecule has 2 N–H and O–H groups in total. The normalized spacial score (nSPS) is 16.2. The number of carbonyl (C=O) groups excluding carboxylic acids is 2. The van der Waals surface area contributed by atoms with E-state index in [2.05, 4.69) is 15.6 Å². The summed E-state index contributed by atoms with van der Waals surface area (Å²) in [5, 5.41) is 5.85. The minimum atomic E-state index is -0.693. The summed E-state index contributed by atoms with van der Waals surface area (Å²) in [4.78, 5) is 29.5. The zero-order valence-electron chi connectivity index (χ0n) is 13.5. The zero-order valence-corrected chi connectivity index (χ0v) is 13.5. The van der Waals surface area contributed by atoms with E-state index in [0.29, 0.717) is 22.9 Å². The van der Waals surface area contributed by atoms with Crippen molar-refractivity contribution in [2.45, 2.75) is 12.5 Å². The SMILES string of the molecule is COc1ccccc1NC(=O)[C@H]1CC(=O)n2c(nc3ccccc32)N1. The molecule has 1 aromatic heterocycles. The fourth-order valence-corrected chi connectivity index (χ4v) is 2.97. The van der Waals surface area contributed by atoms with Crippen molar-refractivity contribution < 1.29 is 14.3 Å². The van der Waals surface area contributed by atoms with Gasteiger partial charge in [-0.3, -0.25) is 9.59 Å². The molecule has 0 saturated heterocycles. The number of rotatable bonds is 3. The number of imidazole rings is 1. The lowest BCUT2D eigenvalue weighted by molar-refractivity contribution is -0.117. The second kappa shape index (κ2) is 5.94. The van der Waals surface area contributed by atoms with E-state index < -0.39 is 6.04 Å². The van der Waals surface area contributed by atoms with Crippen molar-refractivity contribution in [3.8, 4) is 5.75 Å². The molecule has 0 radical (unpaired) electrons. The van der Waals surface area contributed by atoms with Crippen LogP contribution in [-0.2, 0) is 4.79 Å². The molecule has 2 heterocycles. The lowest BCUT2D eigenvalue weighted by Gasteiger charge is -2.24. The van der Waals surface area contributed by atoms with Crippen molar-refractivity contribution in [3.05, 3.63) is 48.5 Å². The van der Waals surface area contributed by atoms with Gasteiger partial charge < -0.3 is 15.4 Å². The first-order chi connectivity index (χ1) is 12.2. The van der Waals surface area contributed by atoms with Crippen LogP contribution in [0.15, 0.2) is 48.5 Å². The average Bonchev–Trinajstić information content (AvgIpc) is 3.01. The highest BCUT2D eigenvalue weighted by Crippen LogP contribution is 2.27. The maximum Gasteiger partial charge on any atom is 0.247 e. The predicted octanol–water partition coefficient (Wildman–Crippen LogP) is 2.51. The smallest absolute Gasteiger partial charge is 0.247 e. The number of methoxy groups -OCH3 is 1. The van der Waals surface area contributed by atoms with Crippen LogP contribution in [0.25, 0.3) is 11.0 Å². The van der Waals surface area contributed by atoms with Crippen LogP contribution in [0.3, 0.4) is 0 Å². The van der Waals surface area contributed by atoms with Gasteiger partial charge in [0, 0.05) is 0 Å². The molecule has 3 aromatic rings. The Morgan fingerprint density at radius 3 is 2.84 bits per heavy atom. The van der Waals surface area contributed by atoms with Crippen molar-refractivity contribution in [2.24, 2.45) is 0 Å². The van der Waals surface area contributed by atoms with E-state index in [9.17, 15) is 9.59 Å². The number of ether oxygens (including phenoxy) is 1. The molecule has 1 aliphatic rings. The summed E-state index contributed by atoms with van der Waals surface area (Å²) in [6, 6.07) is 13.8. The number of nitrogens with zero attached hydrogens (tertiary/aromatic N) is 2. The molecule has 0 spiro atoms. The van der Waals surface area contributed by atoms with Crippen LogP contribution in [0.5, 0.6) is 5.75 Å². The number of anilines is 2. The first-order valence-electron chi connectivity index (χ1n) is 7.88. The fraction of sp³-hybridized carbons (Fsp3) is 0.167. The Morgan fingerprint density at radius 1 is 1.24 bits per heavy atom. The number of fused-ring (bicyclic) bond motifs is 3. The number of aromatic nitrogens is 2. The summed E-state index contributed by atoms with van der Waals surface area (Å²) in [5.74, 6) is 0.474. The molecule has 126 valence electrons. The van der Waals surface area contributed by atoms with Gasteiger partial charge in [0.2, 0.25) is 17.8 Å². The number of benzene rings is 2. The highest BCUT2D eigenvalue weighted by Gasteiger charge is 2.31. The van der Waals surface area contributed by atoms with Gasteiger partial charge in [-0.1, -0.05) is 24.3 Å². The topological polar surface area (TPSA) is 85.2 Å². The largest absolute Gasteiger partial charge is 0.495 e. The van der Waals surface area contributed by atoms with Crippen LogP contribution < -0.4 is 15.4 Å². The number of amides is 1. The van der Waals surface area contributed by atoms with Crippen LogP contribution in [0.1, 0.15) is 11.2 Å². The van der Waals surface area contributed by atoms with Gasteiger partial charge in [0.1, 0.15) is 11.8 Å². The molecule has 1 amide bonds. The van der Waals surface area contributed by atoms with E-state index in [1.165, 1.54) is 11.7 Å². The minimum absolute atomic E-state index is 0.0499. The Balaban J connectivity index is 1.60. The Labute approximate surface area is 143 Å². The summed E-state index contributed by atoms with van der Waals surface area (Å²) >= 11 is 0. The lowest BCUT2D eigenvalue weighted by Crippen LogP contribution is -2.42. The quantitative estimate of drug-likeness (QED) is 0.768. The summed E-state index contributed by atoms with van der Waals surface area (Å²) in [5.41, 5.74) is 2.01. The van der Waals surface area contributed by atoms with Gasteiger partial charge in [0.25, 0.3) is 0 Å². The number of nitrogens with one attached hydrogen (secondary N) is 2. The van der Waals surface area contributed by atoms with Gasteiger partial charge in [-0.05, 0) is 24.3 Å². The van der Waals surface area contributed by atoms with E-state index in [-0.39, 0.29) is 18.2 Å². The second-order valence-corrected chi connectivity index (χ2v) is 5.74. The molecule has 4 rings (SSSR count). The van der Waals surface area contributed by atoms with E-state index >= 15 is 0 Å². The summed E-state index contributed by atoms with van der Waals surface area (Å²) < 4.78 is 6.75. The molecular formula is C18H16N4O3. The van der Waals surface area contributed by atoms with Crippen molar-refractivity contribution >= 4 is 34.5 Å². The average molecular weight is 336 g/mol. The first kappa shape index (κ1) is 15.2. The third-order valence-electron chi connectivity index (χ3n) is 4.17. The molecule has 1 aliphatic heterocycles. The van der Waals surface area contributed by atoms with E-state index in [1.54, 1.807) is 18.2 Å². The van der Waals surface area contributed by atoms with Crippen LogP contribution in [-0.4, -0.2) is 34.5 Å². The molecule has 0 saturated carbocycles. The van der Waals surface area contributed by atoms with Crippen molar-refractivity contribution in [3.63, 3.8) is 0 Å². The van der Waals surface area contributed by atoms with Crippen molar-refractivity contribution in [2.75, 3.05) is 17.7 Å². The van der Waals surface area contributed by atoms with E-state index in [1.807, 2.05) is 30.3 Å². The van der Waals surface area contributed by atoms with Gasteiger partial charge in [-0.15, -0.1) is 0 Å². The summed E-state index contributed by atoms with van der Waals surface area (Å²) in [6.07, 6.45) is 0.0499. The molecule has 0 aliphatic carbocycles. The standard InChI is InChI=1S/C18H16N4O3/c1-25-15-9-5-3-7-12(15)19-17(24)13-10-16(23)22-14-8-4-2-6-11(14)20-18(22)21-13/h2-9,13H,10H2,1H3,(H,19,24)(H,20,21)/t13-/m1/s1. The third-order valence-corrected chi connectivity index (χ3v) is 4.17. The molecule has 0 unspecified atom stereocenters. The van der Waals surface area contributed by atoms with Crippen LogP contribution >= 0.6 is 0 Å². The predicted molar refractivity (Wildman–Crippen MR) is 94.0 cm³/mol. The molecule has 2 aromatic carbocycles. The molecule has 7 heteroatoms. The van der Waals surface area contributed by atoms with E-state index in [4.69, 9.17) is 4.74 Å². The van der Waals surface area contributed by atoms with Crippen molar-refractivity contribution in [1.29, 1.82) is 0 Å². The van der Waals surface area contributed by atoms with Crippen LogP contribution in [0.2, 0.25) is 0 Å². The van der Waals surface area contributed by atoms with Gasteiger partial charge in [-0.2, -0.15) is 0 Å². The Bertz CT molecular complexity index is 979. The monoisotopic (exact) mass is 336 g/mol. The number of para-hydroxylation sites is 4. The van der Waals surface area contributed by atoms with Crippen LogP contribution in [0.4, 0.5) is 11.6 Å². The molecule has 0 fully saturated rings. The second-order valence-electron chi connectivity index (χ2n) is 5.74.